The summed E-state index contributed by atoms with van der Waals surface area (Å²) in [5.74, 6) is 0.288. The van der Waals surface area contributed by atoms with E-state index in [0.717, 1.165) is 0 Å². The van der Waals surface area contributed by atoms with Crippen LogP contribution in [0.3, 0.4) is 0 Å². The van der Waals surface area contributed by atoms with Crippen molar-refractivity contribution in [2.45, 2.75) is 28.6 Å². The second kappa shape index (κ2) is 5.38. The van der Waals surface area contributed by atoms with Crippen molar-refractivity contribution in [3.8, 4) is 11.5 Å². The fourth-order valence-corrected chi connectivity index (χ4v) is 4.12. The Morgan fingerprint density at radius 1 is 1.41 bits per heavy atom. The summed E-state index contributed by atoms with van der Waals surface area (Å²) in [6, 6.07) is 2.84. The van der Waals surface area contributed by atoms with Crippen LogP contribution < -0.4 is 9.47 Å². The molecule has 0 aliphatic carbocycles. The monoisotopic (exact) mass is 435 g/mol. The van der Waals surface area contributed by atoms with Crippen LogP contribution in [0.2, 0.25) is 0 Å². The molecule has 2 aliphatic rings. The van der Waals surface area contributed by atoms with Gasteiger partial charge in [0.15, 0.2) is 11.5 Å². The lowest BCUT2D eigenvalue weighted by atomic mass is 9.94. The summed E-state index contributed by atoms with van der Waals surface area (Å²) < 4.78 is 14.5. The van der Waals surface area contributed by atoms with E-state index in [2.05, 4.69) is 31.9 Å². The van der Waals surface area contributed by atoms with Crippen LogP contribution >= 0.6 is 31.9 Å². The van der Waals surface area contributed by atoms with Crippen molar-refractivity contribution in [1.82, 2.24) is 0 Å². The molecule has 0 aromatic heterocycles. The molecule has 1 aromatic rings. The van der Waals surface area contributed by atoms with Gasteiger partial charge in [0, 0.05) is 12.0 Å². The quantitative estimate of drug-likeness (QED) is 0.313. The molecule has 118 valence electrons. The van der Waals surface area contributed by atoms with Gasteiger partial charge in [-0.3, -0.25) is 14.9 Å². The Kier molecular flexibility index (Phi) is 3.80. The fraction of sp³-hybridized carbons (Fsp3) is 0.462. The van der Waals surface area contributed by atoms with Gasteiger partial charge in [0.25, 0.3) is 5.69 Å². The van der Waals surface area contributed by atoms with Crippen LogP contribution in [0.5, 0.6) is 11.5 Å². The number of cyclic esters (lactones) is 1. The number of alkyl halides is 2. The number of esters is 1. The second-order valence-corrected chi connectivity index (χ2v) is 7.50. The van der Waals surface area contributed by atoms with Gasteiger partial charge in [-0.25, -0.2) is 0 Å². The van der Waals surface area contributed by atoms with Crippen molar-refractivity contribution in [3.05, 3.63) is 27.8 Å². The number of hydrogen-bond donors (Lipinski definition) is 0. The first-order chi connectivity index (χ1) is 10.3. The number of nitro groups is 1. The SMILES string of the molecule is CC1CC(Br)(C(Br)c2cc3c(cc2[N+](=O)[O-])OCO3)C(=O)O1. The lowest BCUT2D eigenvalue weighted by Crippen LogP contribution is -2.32. The van der Waals surface area contributed by atoms with Crippen LogP contribution in [0, 0.1) is 10.1 Å². The fourth-order valence-electron chi connectivity index (χ4n) is 2.59. The minimum absolute atomic E-state index is 0.0153. The molecule has 0 amide bonds. The topological polar surface area (TPSA) is 87.9 Å². The van der Waals surface area contributed by atoms with Gasteiger partial charge in [-0.05, 0) is 13.0 Å². The number of hydrogen-bond acceptors (Lipinski definition) is 6. The molecule has 1 aromatic carbocycles. The Labute approximate surface area is 142 Å². The van der Waals surface area contributed by atoms with Crippen LogP contribution in [0.25, 0.3) is 0 Å². The Hall–Kier alpha value is -1.35. The van der Waals surface area contributed by atoms with E-state index in [9.17, 15) is 14.9 Å². The maximum Gasteiger partial charge on any atom is 0.324 e. The molecule has 1 fully saturated rings. The third-order valence-electron chi connectivity index (χ3n) is 3.63. The first-order valence-corrected chi connectivity index (χ1v) is 8.16. The van der Waals surface area contributed by atoms with Crippen LogP contribution in [-0.2, 0) is 9.53 Å². The summed E-state index contributed by atoms with van der Waals surface area (Å²) in [7, 11) is 0. The molecule has 2 aliphatic heterocycles. The zero-order valence-corrected chi connectivity index (χ0v) is 14.5. The minimum atomic E-state index is -1.06. The number of carbonyl (C=O) groups is 1. The molecule has 7 nitrogen and oxygen atoms in total. The number of nitrogens with zero attached hydrogens (tertiary/aromatic N) is 1. The highest BCUT2D eigenvalue weighted by atomic mass is 79.9. The first kappa shape index (κ1) is 15.5. The largest absolute Gasteiger partial charge is 0.462 e. The maximum absolute atomic E-state index is 12.1. The third kappa shape index (κ3) is 2.36. The van der Waals surface area contributed by atoms with Gasteiger partial charge in [-0.15, -0.1) is 0 Å². The van der Waals surface area contributed by atoms with Gasteiger partial charge >= 0.3 is 5.97 Å². The highest BCUT2D eigenvalue weighted by Gasteiger charge is 2.52. The summed E-state index contributed by atoms with van der Waals surface area (Å²) in [5.41, 5.74) is 0.189. The lowest BCUT2D eigenvalue weighted by molar-refractivity contribution is -0.385. The molecule has 0 bridgehead atoms. The number of benzene rings is 1. The molecule has 0 radical (unpaired) electrons. The number of rotatable bonds is 3. The van der Waals surface area contributed by atoms with Crippen molar-refractivity contribution in [1.29, 1.82) is 0 Å². The normalized spacial score (nSPS) is 27.6. The van der Waals surface area contributed by atoms with Crippen molar-refractivity contribution >= 4 is 43.5 Å². The summed E-state index contributed by atoms with van der Waals surface area (Å²) >= 11 is 6.82. The molecule has 3 atom stereocenters. The van der Waals surface area contributed by atoms with E-state index >= 15 is 0 Å². The maximum atomic E-state index is 12.1. The predicted octanol–water partition coefficient (Wildman–Crippen LogP) is 3.23. The van der Waals surface area contributed by atoms with Gasteiger partial charge in [0.2, 0.25) is 6.79 Å². The Bertz CT molecular complexity index is 666. The predicted molar refractivity (Wildman–Crippen MR) is 82.7 cm³/mol. The van der Waals surface area contributed by atoms with Crippen LogP contribution in [0.1, 0.15) is 23.7 Å². The average Bonchev–Trinajstić information content (AvgIpc) is 3.01. The summed E-state index contributed by atoms with van der Waals surface area (Å²) in [4.78, 5) is 22.3. The Balaban J connectivity index is 2.07. The highest BCUT2D eigenvalue weighted by molar-refractivity contribution is 9.12. The van der Waals surface area contributed by atoms with Crippen molar-refractivity contribution < 1.29 is 23.9 Å². The summed E-state index contributed by atoms with van der Waals surface area (Å²) in [6.07, 6.45) is 0.132. The van der Waals surface area contributed by atoms with Crippen molar-refractivity contribution in [2.24, 2.45) is 0 Å². The Morgan fingerprint density at radius 3 is 2.59 bits per heavy atom. The van der Waals surface area contributed by atoms with E-state index in [1.54, 1.807) is 6.92 Å². The van der Waals surface area contributed by atoms with Gasteiger partial charge in [-0.2, -0.15) is 0 Å². The summed E-state index contributed by atoms with van der Waals surface area (Å²) in [6.45, 7) is 1.79. The molecular weight excluding hydrogens is 426 g/mol. The zero-order valence-electron chi connectivity index (χ0n) is 11.4. The molecule has 3 unspecified atom stereocenters. The van der Waals surface area contributed by atoms with Crippen LogP contribution in [0.15, 0.2) is 12.1 Å². The Morgan fingerprint density at radius 2 is 2.05 bits per heavy atom. The molecule has 0 N–H and O–H groups in total. The molecular formula is C13H11Br2NO6. The molecule has 3 rings (SSSR count). The molecule has 1 saturated heterocycles. The minimum Gasteiger partial charge on any atom is -0.462 e. The van der Waals surface area contributed by atoms with Gasteiger partial charge in [0.1, 0.15) is 10.4 Å². The van der Waals surface area contributed by atoms with E-state index in [1.807, 2.05) is 0 Å². The highest BCUT2D eigenvalue weighted by Crippen LogP contribution is 2.52. The molecule has 22 heavy (non-hydrogen) atoms. The number of halogens is 2. The number of fused-ring (bicyclic) bond motifs is 1. The van der Waals surface area contributed by atoms with E-state index in [4.69, 9.17) is 14.2 Å². The second-order valence-electron chi connectivity index (χ2n) is 5.17. The average molecular weight is 437 g/mol. The number of nitro benzene ring substituents is 1. The van der Waals surface area contributed by atoms with Gasteiger partial charge in [-0.1, -0.05) is 31.9 Å². The van der Waals surface area contributed by atoms with E-state index < -0.39 is 20.0 Å². The zero-order chi connectivity index (χ0) is 16.1. The smallest absolute Gasteiger partial charge is 0.324 e. The van der Waals surface area contributed by atoms with E-state index in [-0.39, 0.29) is 18.6 Å². The van der Waals surface area contributed by atoms with E-state index in [1.165, 1.54) is 12.1 Å². The van der Waals surface area contributed by atoms with Crippen LogP contribution in [0.4, 0.5) is 5.69 Å². The van der Waals surface area contributed by atoms with Gasteiger partial charge in [0.05, 0.1) is 15.8 Å². The first-order valence-electron chi connectivity index (χ1n) is 6.45. The summed E-state index contributed by atoms with van der Waals surface area (Å²) in [5, 5.41) is 11.3. The van der Waals surface area contributed by atoms with Crippen LogP contribution in [-0.4, -0.2) is 28.1 Å². The standard InChI is InChI=1S/C13H11Br2NO6/c1-6-4-13(15,12(17)22-6)11(14)7-2-9-10(21-5-20-9)3-8(7)16(18)19/h2-3,6,11H,4-5H2,1H3. The van der Waals surface area contributed by atoms with E-state index in [0.29, 0.717) is 23.5 Å². The molecule has 2 heterocycles. The van der Waals surface area contributed by atoms with Gasteiger partial charge < -0.3 is 14.2 Å². The molecule has 9 heteroatoms. The molecule has 0 spiro atoms. The lowest BCUT2D eigenvalue weighted by Gasteiger charge is -2.23. The van der Waals surface area contributed by atoms with Crippen molar-refractivity contribution in [2.75, 3.05) is 6.79 Å². The number of ether oxygens (including phenoxy) is 3. The third-order valence-corrected chi connectivity index (χ3v) is 6.62. The van der Waals surface area contributed by atoms with Crippen molar-refractivity contribution in [3.63, 3.8) is 0 Å². The number of carbonyl (C=O) groups excluding carboxylic acids is 1. The molecule has 0 saturated carbocycles.